The molecule has 0 aliphatic carbocycles. The number of ether oxygens (including phenoxy) is 2. The highest BCUT2D eigenvalue weighted by Gasteiger charge is 2.11. The summed E-state index contributed by atoms with van der Waals surface area (Å²) in [6.07, 6.45) is 2.88. The number of rotatable bonds is 6. The molecular weight excluding hydrogens is 230 g/mol. The number of benzene rings is 1. The molecule has 4 nitrogen and oxygen atoms in total. The Morgan fingerprint density at radius 1 is 1.28 bits per heavy atom. The summed E-state index contributed by atoms with van der Waals surface area (Å²) < 4.78 is 10.2. The van der Waals surface area contributed by atoms with Crippen molar-refractivity contribution in [2.24, 2.45) is 0 Å². The van der Waals surface area contributed by atoms with E-state index in [1.165, 1.54) is 0 Å². The van der Waals surface area contributed by atoms with E-state index in [9.17, 15) is 5.11 Å². The van der Waals surface area contributed by atoms with Crippen molar-refractivity contribution in [2.75, 3.05) is 26.9 Å². The van der Waals surface area contributed by atoms with Crippen molar-refractivity contribution in [2.45, 2.75) is 6.10 Å². The van der Waals surface area contributed by atoms with Gasteiger partial charge in [0.05, 0.1) is 19.8 Å². The quantitative estimate of drug-likeness (QED) is 0.792. The highest BCUT2D eigenvalue weighted by Crippen LogP contribution is 2.23. The van der Waals surface area contributed by atoms with Gasteiger partial charge in [0.1, 0.15) is 6.10 Å². The zero-order valence-corrected chi connectivity index (χ0v) is 10.4. The molecule has 0 bridgehead atoms. The van der Waals surface area contributed by atoms with E-state index in [0.717, 1.165) is 16.3 Å². The van der Waals surface area contributed by atoms with E-state index in [1.54, 1.807) is 19.5 Å². The van der Waals surface area contributed by atoms with Gasteiger partial charge in [0.15, 0.2) is 0 Å². The summed E-state index contributed by atoms with van der Waals surface area (Å²) >= 11 is 0. The molecule has 1 aromatic heterocycles. The number of aromatic nitrogens is 1. The maximum Gasteiger partial charge on any atom is 0.103 e. The van der Waals surface area contributed by atoms with Gasteiger partial charge in [-0.25, -0.2) is 0 Å². The predicted octanol–water partition coefficient (Wildman–Crippen LogP) is 1.93. The number of nitrogens with zero attached hydrogens (tertiary/aromatic N) is 1. The van der Waals surface area contributed by atoms with E-state index in [2.05, 4.69) is 4.98 Å². The summed E-state index contributed by atoms with van der Waals surface area (Å²) in [5, 5.41) is 12.2. The Bertz CT molecular complexity index is 496. The van der Waals surface area contributed by atoms with Gasteiger partial charge in [-0.1, -0.05) is 18.2 Å². The van der Waals surface area contributed by atoms with E-state index in [4.69, 9.17) is 9.47 Å². The van der Waals surface area contributed by atoms with Crippen molar-refractivity contribution >= 4 is 10.8 Å². The zero-order valence-electron chi connectivity index (χ0n) is 10.4. The van der Waals surface area contributed by atoms with Crippen LogP contribution in [0.1, 0.15) is 11.7 Å². The van der Waals surface area contributed by atoms with Crippen molar-refractivity contribution in [3.63, 3.8) is 0 Å². The summed E-state index contributed by atoms with van der Waals surface area (Å²) in [4.78, 5) is 4.07. The summed E-state index contributed by atoms with van der Waals surface area (Å²) in [5.74, 6) is 0. The Hall–Kier alpha value is -1.49. The van der Waals surface area contributed by atoms with Crippen LogP contribution in [0.3, 0.4) is 0 Å². The maximum atomic E-state index is 10.1. The molecule has 1 N–H and O–H groups in total. The number of hydrogen-bond donors (Lipinski definition) is 1. The minimum atomic E-state index is -0.632. The molecule has 0 aliphatic rings. The van der Waals surface area contributed by atoms with Crippen LogP contribution in [-0.4, -0.2) is 37.0 Å². The Morgan fingerprint density at radius 3 is 3.00 bits per heavy atom. The Balaban J connectivity index is 2.10. The largest absolute Gasteiger partial charge is 0.386 e. The normalized spacial score (nSPS) is 12.8. The Morgan fingerprint density at radius 2 is 2.17 bits per heavy atom. The van der Waals surface area contributed by atoms with Gasteiger partial charge in [0, 0.05) is 24.9 Å². The molecule has 0 radical (unpaired) electrons. The molecular formula is C14H17NO3. The summed E-state index contributed by atoms with van der Waals surface area (Å²) in [6.45, 7) is 1.29. The fourth-order valence-corrected chi connectivity index (χ4v) is 1.87. The number of methoxy groups -OCH3 is 1. The van der Waals surface area contributed by atoms with Crippen molar-refractivity contribution in [1.82, 2.24) is 4.98 Å². The molecule has 1 unspecified atom stereocenters. The molecule has 1 heterocycles. The van der Waals surface area contributed by atoms with Crippen LogP contribution in [-0.2, 0) is 9.47 Å². The summed E-state index contributed by atoms with van der Waals surface area (Å²) in [5.41, 5.74) is 0.868. The van der Waals surface area contributed by atoms with Crippen LogP contribution in [0.15, 0.2) is 36.7 Å². The van der Waals surface area contributed by atoms with Crippen LogP contribution in [0, 0.1) is 0 Å². The van der Waals surface area contributed by atoms with Crippen LogP contribution >= 0.6 is 0 Å². The second-order valence-corrected chi connectivity index (χ2v) is 4.03. The van der Waals surface area contributed by atoms with Crippen molar-refractivity contribution in [3.8, 4) is 0 Å². The molecule has 0 aliphatic heterocycles. The van der Waals surface area contributed by atoms with Crippen LogP contribution in [0.2, 0.25) is 0 Å². The lowest BCUT2D eigenvalue weighted by molar-refractivity contribution is 0.0131. The fraction of sp³-hybridized carbons (Fsp3) is 0.357. The molecule has 18 heavy (non-hydrogen) atoms. The number of hydrogen-bond acceptors (Lipinski definition) is 4. The summed E-state index contributed by atoms with van der Waals surface area (Å²) in [6, 6.07) is 7.71. The van der Waals surface area contributed by atoms with E-state index < -0.39 is 6.10 Å². The zero-order chi connectivity index (χ0) is 12.8. The Labute approximate surface area is 106 Å². The average Bonchev–Trinajstić information content (AvgIpc) is 2.43. The first-order valence-electron chi connectivity index (χ1n) is 5.90. The molecule has 0 amide bonds. The van der Waals surface area contributed by atoms with Gasteiger partial charge < -0.3 is 14.6 Å². The SMILES string of the molecule is COCCOCC(O)c1cccc2cnccc12. The average molecular weight is 247 g/mol. The van der Waals surface area contributed by atoms with Gasteiger partial charge >= 0.3 is 0 Å². The Kier molecular flexibility index (Phi) is 4.64. The standard InChI is InChI=1S/C14H17NO3/c1-17-7-8-18-10-14(16)13-4-2-3-11-9-15-6-5-12(11)13/h2-6,9,14,16H,7-8,10H2,1H3. The highest BCUT2D eigenvalue weighted by atomic mass is 16.5. The number of aliphatic hydroxyl groups is 1. The molecule has 0 fully saturated rings. The lowest BCUT2D eigenvalue weighted by atomic mass is 10.0. The molecule has 2 rings (SSSR count). The second kappa shape index (κ2) is 6.44. The molecule has 96 valence electrons. The van der Waals surface area contributed by atoms with Gasteiger partial charge in [-0.2, -0.15) is 0 Å². The summed E-state index contributed by atoms with van der Waals surface area (Å²) in [7, 11) is 1.62. The molecule has 0 spiro atoms. The molecule has 2 aromatic rings. The molecule has 1 atom stereocenters. The predicted molar refractivity (Wildman–Crippen MR) is 69.4 cm³/mol. The minimum absolute atomic E-state index is 0.269. The number of pyridine rings is 1. The lowest BCUT2D eigenvalue weighted by Gasteiger charge is -2.13. The van der Waals surface area contributed by atoms with E-state index in [1.807, 2.05) is 24.3 Å². The van der Waals surface area contributed by atoms with Gasteiger partial charge in [-0.05, 0) is 17.0 Å². The van der Waals surface area contributed by atoms with Crippen LogP contribution in [0.25, 0.3) is 10.8 Å². The molecule has 0 saturated heterocycles. The lowest BCUT2D eigenvalue weighted by Crippen LogP contribution is -2.10. The molecule has 1 aromatic carbocycles. The first-order valence-corrected chi connectivity index (χ1v) is 5.90. The third-order valence-corrected chi connectivity index (χ3v) is 2.78. The van der Waals surface area contributed by atoms with E-state index in [-0.39, 0.29) is 6.61 Å². The van der Waals surface area contributed by atoms with Gasteiger partial charge in [-0.15, -0.1) is 0 Å². The van der Waals surface area contributed by atoms with Crippen LogP contribution in [0.5, 0.6) is 0 Å². The topological polar surface area (TPSA) is 51.6 Å². The van der Waals surface area contributed by atoms with Crippen molar-refractivity contribution in [1.29, 1.82) is 0 Å². The molecule has 4 heteroatoms. The first-order chi connectivity index (χ1) is 8.83. The fourth-order valence-electron chi connectivity index (χ4n) is 1.87. The van der Waals surface area contributed by atoms with Gasteiger partial charge in [-0.3, -0.25) is 4.98 Å². The number of fused-ring (bicyclic) bond motifs is 1. The minimum Gasteiger partial charge on any atom is -0.386 e. The van der Waals surface area contributed by atoms with Gasteiger partial charge in [0.25, 0.3) is 0 Å². The van der Waals surface area contributed by atoms with Crippen LogP contribution < -0.4 is 0 Å². The van der Waals surface area contributed by atoms with E-state index >= 15 is 0 Å². The van der Waals surface area contributed by atoms with E-state index in [0.29, 0.717) is 13.2 Å². The second-order valence-electron chi connectivity index (χ2n) is 4.03. The molecule has 0 saturated carbocycles. The maximum absolute atomic E-state index is 10.1. The smallest absolute Gasteiger partial charge is 0.103 e. The third kappa shape index (κ3) is 3.04. The van der Waals surface area contributed by atoms with Crippen molar-refractivity contribution < 1.29 is 14.6 Å². The number of aliphatic hydroxyl groups excluding tert-OH is 1. The van der Waals surface area contributed by atoms with Crippen molar-refractivity contribution in [3.05, 3.63) is 42.2 Å². The third-order valence-electron chi connectivity index (χ3n) is 2.78. The van der Waals surface area contributed by atoms with Gasteiger partial charge in [0.2, 0.25) is 0 Å². The highest BCUT2D eigenvalue weighted by molar-refractivity contribution is 5.85. The first kappa shape index (κ1) is 13.0. The van der Waals surface area contributed by atoms with Crippen LogP contribution in [0.4, 0.5) is 0 Å². The monoisotopic (exact) mass is 247 g/mol.